The van der Waals surface area contributed by atoms with Gasteiger partial charge in [-0.15, -0.1) is 0 Å². The number of benzene rings is 1. The Morgan fingerprint density at radius 2 is 1.73 bits per heavy atom. The van der Waals surface area contributed by atoms with Crippen LogP contribution in [0.25, 0.3) is 0 Å². The molecule has 0 aromatic heterocycles. The molecule has 2 heterocycles. The molecule has 2 unspecified atom stereocenters. The van der Waals surface area contributed by atoms with Crippen LogP contribution in [0.15, 0.2) is 30.3 Å². The van der Waals surface area contributed by atoms with Crippen LogP contribution in [0, 0.1) is 0 Å². The number of ether oxygens (including phenoxy) is 1. The van der Waals surface area contributed by atoms with E-state index in [0.29, 0.717) is 6.10 Å². The van der Waals surface area contributed by atoms with E-state index in [9.17, 15) is 0 Å². The summed E-state index contributed by atoms with van der Waals surface area (Å²) in [6.45, 7) is 0. The third kappa shape index (κ3) is 1.63. The van der Waals surface area contributed by atoms with E-state index in [0.717, 1.165) is 17.8 Å². The second kappa shape index (κ2) is 3.53. The first-order valence-electron chi connectivity index (χ1n) is 5.76. The van der Waals surface area contributed by atoms with Crippen molar-refractivity contribution in [1.82, 2.24) is 4.90 Å². The molecule has 2 nitrogen and oxygen atoms in total. The lowest BCUT2D eigenvalue weighted by molar-refractivity contribution is -0.0559. The highest BCUT2D eigenvalue weighted by Crippen LogP contribution is 2.38. The Morgan fingerprint density at radius 3 is 2.33 bits per heavy atom. The van der Waals surface area contributed by atoms with E-state index in [4.69, 9.17) is 4.74 Å². The first-order valence-corrected chi connectivity index (χ1v) is 5.76. The fourth-order valence-electron chi connectivity index (χ4n) is 2.82. The molecule has 1 saturated carbocycles. The van der Waals surface area contributed by atoms with Crippen LogP contribution >= 0.6 is 0 Å². The molecule has 3 fully saturated rings. The summed E-state index contributed by atoms with van der Waals surface area (Å²) in [5.74, 6) is 1.02. The Balaban J connectivity index is 1.62. The first kappa shape index (κ1) is 9.22. The molecule has 2 saturated heterocycles. The minimum atomic E-state index is 0.437. The van der Waals surface area contributed by atoms with Gasteiger partial charge >= 0.3 is 0 Å². The number of para-hydroxylation sites is 1. The highest BCUT2D eigenvalue weighted by molar-refractivity contribution is 5.21. The van der Waals surface area contributed by atoms with Gasteiger partial charge in [-0.3, -0.25) is 0 Å². The molecule has 3 aliphatic rings. The maximum absolute atomic E-state index is 5.98. The fourth-order valence-corrected chi connectivity index (χ4v) is 2.82. The van der Waals surface area contributed by atoms with E-state index in [-0.39, 0.29) is 0 Å². The number of rotatable bonds is 2. The molecule has 4 rings (SSSR count). The van der Waals surface area contributed by atoms with E-state index >= 15 is 0 Å². The maximum Gasteiger partial charge on any atom is 0.119 e. The Bertz CT molecular complexity index is 326. The van der Waals surface area contributed by atoms with Gasteiger partial charge in [0.1, 0.15) is 11.9 Å². The molecule has 0 spiro atoms. The maximum atomic E-state index is 5.98. The molecular weight excluding hydrogens is 186 g/mol. The van der Waals surface area contributed by atoms with Crippen molar-refractivity contribution in [2.75, 3.05) is 7.05 Å². The lowest BCUT2D eigenvalue weighted by Gasteiger charge is -2.53. The smallest absolute Gasteiger partial charge is 0.119 e. The van der Waals surface area contributed by atoms with Crippen LogP contribution in [-0.2, 0) is 0 Å². The number of fused-ring (bicyclic) bond motifs is 2. The summed E-state index contributed by atoms with van der Waals surface area (Å²) >= 11 is 0. The molecule has 1 aromatic rings. The third-order valence-corrected chi connectivity index (χ3v) is 3.81. The van der Waals surface area contributed by atoms with Crippen molar-refractivity contribution in [1.29, 1.82) is 0 Å². The van der Waals surface area contributed by atoms with Gasteiger partial charge in [0.25, 0.3) is 0 Å². The normalized spacial score (nSPS) is 34.6. The molecule has 2 aliphatic heterocycles. The molecule has 1 aliphatic carbocycles. The van der Waals surface area contributed by atoms with Crippen LogP contribution in [-0.4, -0.2) is 30.1 Å². The zero-order valence-corrected chi connectivity index (χ0v) is 9.10. The molecule has 2 bridgehead atoms. The zero-order valence-electron chi connectivity index (χ0n) is 9.10. The largest absolute Gasteiger partial charge is 0.490 e. The quantitative estimate of drug-likeness (QED) is 0.731. The lowest BCUT2D eigenvalue weighted by Crippen LogP contribution is -2.60. The van der Waals surface area contributed by atoms with Crippen LogP contribution in [0.3, 0.4) is 0 Å². The number of nitrogens with zero attached hydrogens (tertiary/aromatic N) is 1. The molecule has 80 valence electrons. The van der Waals surface area contributed by atoms with Gasteiger partial charge in [0.05, 0.1) is 0 Å². The molecule has 2 atom stereocenters. The monoisotopic (exact) mass is 203 g/mol. The Kier molecular flexibility index (Phi) is 2.17. The fraction of sp³-hybridized carbons (Fsp3) is 0.538. The molecule has 0 radical (unpaired) electrons. The van der Waals surface area contributed by atoms with E-state index in [2.05, 4.69) is 11.9 Å². The number of hydrogen-bond acceptors (Lipinski definition) is 2. The summed E-state index contributed by atoms with van der Waals surface area (Å²) in [6.07, 6.45) is 4.21. The Morgan fingerprint density at radius 1 is 1.07 bits per heavy atom. The van der Waals surface area contributed by atoms with Gasteiger partial charge in [-0.1, -0.05) is 18.2 Å². The van der Waals surface area contributed by atoms with E-state index in [1.54, 1.807) is 0 Å². The Labute approximate surface area is 90.8 Å². The number of hydrogen-bond donors (Lipinski definition) is 0. The van der Waals surface area contributed by atoms with Crippen molar-refractivity contribution < 1.29 is 4.74 Å². The summed E-state index contributed by atoms with van der Waals surface area (Å²) in [4.78, 5) is 2.49. The molecule has 0 N–H and O–H groups in total. The predicted octanol–water partition coefficient (Wildman–Crippen LogP) is 2.30. The summed E-state index contributed by atoms with van der Waals surface area (Å²) in [6, 6.07) is 11.7. The topological polar surface area (TPSA) is 12.5 Å². The van der Waals surface area contributed by atoms with Crippen LogP contribution in [0.2, 0.25) is 0 Å². The standard InChI is InChI=1S/C13H17NO/c1-14-10-7-11(14)9-13(8-10)15-12-5-3-2-4-6-12/h2-6,10-11,13H,7-9H2,1H3. The number of piperidine rings is 1. The second-order valence-electron chi connectivity index (χ2n) is 4.73. The van der Waals surface area contributed by atoms with Crippen LogP contribution in [0.5, 0.6) is 5.75 Å². The van der Waals surface area contributed by atoms with E-state index in [1.807, 2.05) is 30.3 Å². The van der Waals surface area contributed by atoms with Crippen LogP contribution in [0.4, 0.5) is 0 Å². The van der Waals surface area contributed by atoms with Gasteiger partial charge < -0.3 is 9.64 Å². The van der Waals surface area contributed by atoms with Crippen molar-refractivity contribution in [3.05, 3.63) is 30.3 Å². The molecule has 1 aromatic carbocycles. The van der Waals surface area contributed by atoms with Crippen LogP contribution < -0.4 is 4.74 Å². The summed E-state index contributed by atoms with van der Waals surface area (Å²) in [5, 5.41) is 0. The van der Waals surface area contributed by atoms with E-state index in [1.165, 1.54) is 19.3 Å². The van der Waals surface area contributed by atoms with Crippen molar-refractivity contribution >= 4 is 0 Å². The lowest BCUT2D eigenvalue weighted by atomic mass is 9.78. The first-order chi connectivity index (χ1) is 7.33. The minimum absolute atomic E-state index is 0.437. The van der Waals surface area contributed by atoms with Crippen molar-refractivity contribution in [2.24, 2.45) is 0 Å². The van der Waals surface area contributed by atoms with Gasteiger partial charge in [0, 0.05) is 12.1 Å². The van der Waals surface area contributed by atoms with Gasteiger partial charge in [-0.2, -0.15) is 0 Å². The average molecular weight is 203 g/mol. The summed E-state index contributed by atoms with van der Waals surface area (Å²) < 4.78 is 5.98. The van der Waals surface area contributed by atoms with Crippen molar-refractivity contribution in [2.45, 2.75) is 37.5 Å². The molecule has 2 heteroatoms. The zero-order chi connectivity index (χ0) is 10.3. The van der Waals surface area contributed by atoms with Gasteiger partial charge in [0.15, 0.2) is 0 Å². The van der Waals surface area contributed by atoms with Crippen molar-refractivity contribution in [3.63, 3.8) is 0 Å². The molecular formula is C13H17NO. The second-order valence-corrected chi connectivity index (χ2v) is 4.73. The van der Waals surface area contributed by atoms with E-state index < -0.39 is 0 Å². The third-order valence-electron chi connectivity index (χ3n) is 3.81. The van der Waals surface area contributed by atoms with Crippen LogP contribution in [0.1, 0.15) is 19.3 Å². The molecule has 0 amide bonds. The Hall–Kier alpha value is -1.02. The SMILES string of the molecule is CN1C2CC(Oc3ccccc3)CC1C2. The average Bonchev–Trinajstić information content (AvgIpc) is 2.30. The van der Waals surface area contributed by atoms with Gasteiger partial charge in [-0.25, -0.2) is 0 Å². The van der Waals surface area contributed by atoms with Gasteiger partial charge in [-0.05, 0) is 38.4 Å². The highest BCUT2D eigenvalue weighted by atomic mass is 16.5. The highest BCUT2D eigenvalue weighted by Gasteiger charge is 2.43. The summed E-state index contributed by atoms with van der Waals surface area (Å²) in [7, 11) is 2.23. The molecule has 15 heavy (non-hydrogen) atoms. The summed E-state index contributed by atoms with van der Waals surface area (Å²) in [5.41, 5.74) is 0. The van der Waals surface area contributed by atoms with Gasteiger partial charge in [0.2, 0.25) is 0 Å². The predicted molar refractivity (Wildman–Crippen MR) is 60.0 cm³/mol. The minimum Gasteiger partial charge on any atom is -0.490 e. The van der Waals surface area contributed by atoms with Crippen molar-refractivity contribution in [3.8, 4) is 5.75 Å².